The Morgan fingerprint density at radius 1 is 0.909 bits per heavy atom. The molecule has 2 aliphatic rings. The van der Waals surface area contributed by atoms with Crippen molar-refractivity contribution in [3.8, 4) is 0 Å². The van der Waals surface area contributed by atoms with E-state index in [1.165, 1.54) is 11.9 Å². The lowest BCUT2D eigenvalue weighted by Gasteiger charge is -2.32. The summed E-state index contributed by atoms with van der Waals surface area (Å²) in [5.74, 6) is -1.28. The van der Waals surface area contributed by atoms with Crippen LogP contribution in [0.25, 0.3) is 11.2 Å². The van der Waals surface area contributed by atoms with Crippen molar-refractivity contribution >= 4 is 28.8 Å². The molecule has 1 amide bonds. The van der Waals surface area contributed by atoms with Crippen LogP contribution < -0.4 is 10.6 Å². The van der Waals surface area contributed by atoms with E-state index in [1.54, 1.807) is 11.5 Å². The van der Waals surface area contributed by atoms with Gasteiger partial charge in [-0.2, -0.15) is 23.1 Å². The molecule has 5 aromatic rings. The lowest BCUT2D eigenvalue weighted by atomic mass is 9.91. The van der Waals surface area contributed by atoms with E-state index in [0.717, 1.165) is 43.6 Å². The summed E-state index contributed by atoms with van der Waals surface area (Å²) in [5, 5.41) is 29.5. The number of anilines is 2. The van der Waals surface area contributed by atoms with Gasteiger partial charge in [-0.25, -0.2) is 4.98 Å². The fourth-order valence-electron chi connectivity index (χ4n) is 8.00. The molecule has 2 fully saturated rings. The highest BCUT2D eigenvalue weighted by Crippen LogP contribution is 2.38. The summed E-state index contributed by atoms with van der Waals surface area (Å²) in [6.07, 6.45) is -4.92. The normalized spacial score (nSPS) is 20.9. The Morgan fingerprint density at radius 3 is 2.13 bits per heavy atom. The summed E-state index contributed by atoms with van der Waals surface area (Å²) in [6, 6.07) is 28.5. The van der Waals surface area contributed by atoms with E-state index in [4.69, 9.17) is 9.97 Å². The van der Waals surface area contributed by atoms with Crippen LogP contribution in [0.2, 0.25) is 0 Å². The first-order valence-electron chi connectivity index (χ1n) is 19.0. The highest BCUT2D eigenvalue weighted by Gasteiger charge is 2.51. The number of piperidine rings is 1. The van der Waals surface area contributed by atoms with Crippen LogP contribution in [-0.2, 0) is 11.3 Å². The van der Waals surface area contributed by atoms with Gasteiger partial charge in [0.05, 0.1) is 18.4 Å². The predicted molar refractivity (Wildman–Crippen MR) is 204 cm³/mol. The van der Waals surface area contributed by atoms with Crippen molar-refractivity contribution in [1.82, 2.24) is 29.3 Å². The van der Waals surface area contributed by atoms with Crippen LogP contribution in [0.15, 0.2) is 97.3 Å². The minimum absolute atomic E-state index is 0.0388. The topological polar surface area (TPSA) is 132 Å². The third kappa shape index (κ3) is 8.61. The van der Waals surface area contributed by atoms with Gasteiger partial charge in [0.25, 0.3) is 0 Å². The molecule has 290 valence electrons. The number of aliphatic hydroxyl groups is 2. The van der Waals surface area contributed by atoms with Gasteiger partial charge in [0.1, 0.15) is 12.2 Å². The van der Waals surface area contributed by atoms with Crippen molar-refractivity contribution in [3.05, 3.63) is 114 Å². The number of benzene rings is 3. The lowest BCUT2D eigenvalue weighted by Crippen LogP contribution is -2.51. The number of alkyl halides is 3. The van der Waals surface area contributed by atoms with Crippen LogP contribution >= 0.6 is 0 Å². The molecule has 14 heteroatoms. The Morgan fingerprint density at radius 2 is 1.53 bits per heavy atom. The molecule has 4 atom stereocenters. The summed E-state index contributed by atoms with van der Waals surface area (Å²) in [5.41, 5.74) is 4.23. The quantitative estimate of drug-likeness (QED) is 0.115. The molecule has 0 unspecified atom stereocenters. The second-order valence-corrected chi connectivity index (χ2v) is 14.5. The van der Waals surface area contributed by atoms with Gasteiger partial charge in [-0.05, 0) is 42.4 Å². The van der Waals surface area contributed by atoms with Crippen LogP contribution in [-0.4, -0.2) is 102 Å². The van der Waals surface area contributed by atoms with E-state index in [0.29, 0.717) is 34.4 Å². The van der Waals surface area contributed by atoms with Crippen LogP contribution in [0.5, 0.6) is 0 Å². The van der Waals surface area contributed by atoms with Crippen molar-refractivity contribution in [2.75, 3.05) is 36.8 Å². The number of likely N-dealkylation sites (tertiary alicyclic amines) is 1. The number of nitrogens with zero attached hydrogens (tertiary/aromatic N) is 6. The number of carbonyl (C=O) groups is 1. The highest BCUT2D eigenvalue weighted by molar-refractivity contribution is 5.85. The zero-order valence-corrected chi connectivity index (χ0v) is 30.7. The molecule has 1 saturated heterocycles. The number of hydrogen-bond acceptors (Lipinski definition) is 9. The van der Waals surface area contributed by atoms with Gasteiger partial charge >= 0.3 is 12.1 Å². The third-order valence-corrected chi connectivity index (χ3v) is 10.8. The smallest absolute Gasteiger partial charge is 0.388 e. The first-order chi connectivity index (χ1) is 26.6. The predicted octanol–water partition coefficient (Wildman–Crippen LogP) is 5.98. The van der Waals surface area contributed by atoms with Crippen molar-refractivity contribution in [1.29, 1.82) is 0 Å². The van der Waals surface area contributed by atoms with Crippen molar-refractivity contribution in [2.24, 2.45) is 0 Å². The molecular formula is C41H47F3N8O3. The zero-order valence-electron chi connectivity index (χ0n) is 30.7. The first kappa shape index (κ1) is 38.2. The SMILES string of the molecule is CCCN(C(=O)C(F)(F)F)[C@H]1C[C@@H](n2cnc3c(NCC(c4ccccc4)c4ccccc4)nc(NC4CCN(Cc5ccccc5)CC4)nc32)[C@H](O)[C@@H]1O. The van der Waals surface area contributed by atoms with E-state index in [2.05, 4.69) is 56.9 Å². The van der Waals surface area contributed by atoms with Crippen LogP contribution in [0.1, 0.15) is 61.3 Å². The molecule has 0 spiro atoms. The average Bonchev–Trinajstić information content (AvgIpc) is 3.75. The molecule has 0 bridgehead atoms. The summed E-state index contributed by atoms with van der Waals surface area (Å²) in [6.45, 7) is 4.53. The second kappa shape index (κ2) is 16.8. The van der Waals surface area contributed by atoms with Crippen LogP contribution in [0.4, 0.5) is 24.9 Å². The maximum atomic E-state index is 13.6. The molecule has 0 radical (unpaired) electrons. The Balaban J connectivity index is 1.19. The van der Waals surface area contributed by atoms with Gasteiger partial charge < -0.3 is 30.3 Å². The van der Waals surface area contributed by atoms with Crippen molar-refractivity contribution in [3.63, 3.8) is 0 Å². The number of hydrogen-bond donors (Lipinski definition) is 4. The van der Waals surface area contributed by atoms with Gasteiger partial charge in [0.15, 0.2) is 17.0 Å². The summed E-state index contributed by atoms with van der Waals surface area (Å²) < 4.78 is 42.5. The molecule has 1 saturated carbocycles. The van der Waals surface area contributed by atoms with Gasteiger partial charge in [0.2, 0.25) is 5.95 Å². The van der Waals surface area contributed by atoms with E-state index in [9.17, 15) is 28.2 Å². The van der Waals surface area contributed by atoms with Crippen molar-refractivity contribution in [2.45, 2.75) is 81.6 Å². The highest BCUT2D eigenvalue weighted by atomic mass is 19.4. The van der Waals surface area contributed by atoms with Gasteiger partial charge in [-0.15, -0.1) is 0 Å². The Hall–Kier alpha value is -5.05. The van der Waals surface area contributed by atoms with Gasteiger partial charge in [0, 0.05) is 44.7 Å². The number of halogens is 3. The number of amides is 1. The monoisotopic (exact) mass is 756 g/mol. The van der Waals surface area contributed by atoms with E-state index in [-0.39, 0.29) is 31.3 Å². The molecule has 2 aromatic heterocycles. The number of carbonyl (C=O) groups excluding carboxylic acids is 1. The largest absolute Gasteiger partial charge is 0.471 e. The molecule has 1 aliphatic heterocycles. The fourth-order valence-corrected chi connectivity index (χ4v) is 8.00. The lowest BCUT2D eigenvalue weighted by molar-refractivity contribution is -0.190. The fraction of sp³-hybridized carbons (Fsp3) is 0.415. The number of aliphatic hydroxyl groups excluding tert-OH is 2. The van der Waals surface area contributed by atoms with Gasteiger partial charge in [-0.1, -0.05) is 97.9 Å². The zero-order chi connectivity index (χ0) is 38.5. The Bertz CT molecular complexity index is 1970. The molecule has 3 aromatic carbocycles. The first-order valence-corrected chi connectivity index (χ1v) is 19.0. The van der Waals surface area contributed by atoms with Gasteiger partial charge in [-0.3, -0.25) is 9.69 Å². The molecule has 11 nitrogen and oxygen atoms in total. The summed E-state index contributed by atoms with van der Waals surface area (Å²) in [4.78, 5) is 30.0. The van der Waals surface area contributed by atoms with Crippen molar-refractivity contribution < 1.29 is 28.2 Å². The van der Waals surface area contributed by atoms with Crippen LogP contribution in [0, 0.1) is 0 Å². The Kier molecular flexibility index (Phi) is 11.6. The standard InChI is InChI=1S/C41H47F3N8O3/c1-2-20-51(39(55)41(42,43)44)32-23-33(36(54)35(32)53)52-26-46-34-37(45-24-31(28-14-8-4-9-15-28)29-16-10-5-11-17-29)48-40(49-38(34)52)47-30-18-21-50(22-19-30)25-27-12-6-3-7-13-27/h3-17,26,30-33,35-36,53-54H,2,18-25H2,1H3,(H2,45,47,48,49)/t32-,33+,35+,36-/m0/s1. The molecule has 7 rings (SSSR count). The minimum Gasteiger partial charge on any atom is -0.388 e. The number of fused-ring (bicyclic) bond motifs is 1. The molecule has 55 heavy (non-hydrogen) atoms. The van der Waals surface area contributed by atoms with E-state index >= 15 is 0 Å². The average molecular weight is 757 g/mol. The maximum Gasteiger partial charge on any atom is 0.471 e. The second-order valence-electron chi connectivity index (χ2n) is 14.5. The molecular weight excluding hydrogens is 709 g/mol. The maximum absolute atomic E-state index is 13.6. The minimum atomic E-state index is -5.12. The number of nitrogens with one attached hydrogen (secondary N) is 2. The summed E-state index contributed by atoms with van der Waals surface area (Å²) >= 11 is 0. The molecule has 3 heterocycles. The molecule has 1 aliphatic carbocycles. The third-order valence-electron chi connectivity index (χ3n) is 10.8. The number of aromatic nitrogens is 4. The number of rotatable bonds is 13. The van der Waals surface area contributed by atoms with E-state index in [1.807, 2.05) is 54.6 Å². The molecule has 4 N–H and O–H groups in total. The summed E-state index contributed by atoms with van der Waals surface area (Å²) in [7, 11) is 0. The van der Waals surface area contributed by atoms with E-state index < -0.39 is 36.4 Å². The Labute approximate surface area is 318 Å². The number of imidazole rings is 1. The van der Waals surface area contributed by atoms with Crippen LogP contribution in [0.3, 0.4) is 0 Å².